The van der Waals surface area contributed by atoms with E-state index in [-0.39, 0.29) is 10.6 Å². The number of benzene rings is 3. The van der Waals surface area contributed by atoms with Gasteiger partial charge in [0.1, 0.15) is 6.54 Å². The van der Waals surface area contributed by atoms with Crippen LogP contribution >= 0.6 is 0 Å². The number of rotatable bonds is 8. The monoisotopic (exact) mass is 568 g/mol. The number of halogens is 3. The number of sulfonamides is 1. The van der Waals surface area contributed by atoms with E-state index in [2.05, 4.69) is 15.1 Å². The van der Waals surface area contributed by atoms with Crippen LogP contribution in [0.2, 0.25) is 0 Å². The molecule has 208 valence electrons. The molecule has 0 bridgehead atoms. The Kier molecular flexibility index (Phi) is 8.15. The molecular formula is C29H27F3N4O3S. The molecule has 3 aromatic carbocycles. The van der Waals surface area contributed by atoms with E-state index >= 15 is 0 Å². The molecule has 0 fully saturated rings. The van der Waals surface area contributed by atoms with Crippen LogP contribution in [-0.4, -0.2) is 31.7 Å². The van der Waals surface area contributed by atoms with Gasteiger partial charge in [-0.05, 0) is 68.8 Å². The lowest BCUT2D eigenvalue weighted by Gasteiger charge is -2.24. The zero-order valence-corrected chi connectivity index (χ0v) is 22.8. The smallest absolute Gasteiger partial charge is 0.318 e. The zero-order valence-electron chi connectivity index (χ0n) is 22.0. The van der Waals surface area contributed by atoms with E-state index in [1.54, 1.807) is 6.07 Å². The molecule has 0 aliphatic carbocycles. The second-order valence-corrected chi connectivity index (χ2v) is 11.0. The molecular weight excluding hydrogens is 541 g/mol. The van der Waals surface area contributed by atoms with E-state index in [4.69, 9.17) is 0 Å². The van der Waals surface area contributed by atoms with Gasteiger partial charge in [0.05, 0.1) is 22.4 Å². The summed E-state index contributed by atoms with van der Waals surface area (Å²) in [5.41, 5.74) is 5.59. The van der Waals surface area contributed by atoms with Crippen LogP contribution in [0, 0.1) is 20.8 Å². The van der Waals surface area contributed by atoms with Crippen molar-refractivity contribution in [2.45, 2.75) is 31.8 Å². The first-order valence-electron chi connectivity index (χ1n) is 12.2. The molecule has 4 aromatic rings. The lowest BCUT2D eigenvalue weighted by atomic mass is 10.2. The Labute approximate surface area is 230 Å². The van der Waals surface area contributed by atoms with Gasteiger partial charge in [-0.2, -0.15) is 18.3 Å². The van der Waals surface area contributed by atoms with Gasteiger partial charge in [-0.3, -0.25) is 9.10 Å². The summed E-state index contributed by atoms with van der Waals surface area (Å²) in [6, 6.07) is 20.8. The highest BCUT2D eigenvalue weighted by atomic mass is 32.2. The van der Waals surface area contributed by atoms with Crippen molar-refractivity contribution in [2.24, 2.45) is 5.10 Å². The van der Waals surface area contributed by atoms with Crippen LogP contribution in [0.1, 0.15) is 28.1 Å². The van der Waals surface area contributed by atoms with Crippen LogP contribution in [0.3, 0.4) is 0 Å². The van der Waals surface area contributed by atoms with Gasteiger partial charge in [0.2, 0.25) is 0 Å². The van der Waals surface area contributed by atoms with Crippen LogP contribution in [-0.2, 0) is 21.0 Å². The quantitative estimate of drug-likeness (QED) is 0.217. The van der Waals surface area contributed by atoms with Crippen molar-refractivity contribution in [3.8, 4) is 5.69 Å². The number of aromatic nitrogens is 1. The van der Waals surface area contributed by atoms with Gasteiger partial charge >= 0.3 is 6.18 Å². The van der Waals surface area contributed by atoms with Gasteiger partial charge in [0.25, 0.3) is 15.9 Å². The number of nitrogens with one attached hydrogen (secondary N) is 1. The molecule has 0 unspecified atom stereocenters. The first-order chi connectivity index (χ1) is 18.9. The Morgan fingerprint density at radius 2 is 1.62 bits per heavy atom. The summed E-state index contributed by atoms with van der Waals surface area (Å²) in [6.07, 6.45) is -3.26. The van der Waals surface area contributed by atoms with E-state index < -0.39 is 34.2 Å². The van der Waals surface area contributed by atoms with Gasteiger partial charge in [0, 0.05) is 22.6 Å². The Morgan fingerprint density at radius 1 is 0.950 bits per heavy atom. The molecule has 0 saturated carbocycles. The molecule has 0 radical (unpaired) electrons. The first kappa shape index (κ1) is 28.6. The summed E-state index contributed by atoms with van der Waals surface area (Å²) in [5, 5.41) is 3.99. The third-order valence-corrected chi connectivity index (χ3v) is 8.09. The minimum atomic E-state index is -4.70. The van der Waals surface area contributed by atoms with E-state index in [1.807, 2.05) is 51.1 Å². The maximum atomic E-state index is 13.4. The predicted octanol–water partition coefficient (Wildman–Crippen LogP) is 5.77. The molecule has 1 aromatic heterocycles. The van der Waals surface area contributed by atoms with Crippen molar-refractivity contribution in [1.82, 2.24) is 9.99 Å². The fourth-order valence-corrected chi connectivity index (χ4v) is 5.75. The molecule has 7 nitrogen and oxygen atoms in total. The number of anilines is 1. The van der Waals surface area contributed by atoms with Crippen molar-refractivity contribution >= 4 is 27.8 Å². The lowest BCUT2D eigenvalue weighted by molar-refractivity contribution is -0.137. The van der Waals surface area contributed by atoms with E-state index in [1.165, 1.54) is 36.5 Å². The third kappa shape index (κ3) is 6.09. The number of carbonyl (C=O) groups is 1. The van der Waals surface area contributed by atoms with E-state index in [0.717, 1.165) is 40.3 Å². The van der Waals surface area contributed by atoms with Gasteiger partial charge in [-0.25, -0.2) is 13.8 Å². The van der Waals surface area contributed by atoms with E-state index in [9.17, 15) is 26.4 Å². The highest BCUT2D eigenvalue weighted by molar-refractivity contribution is 7.92. The molecule has 40 heavy (non-hydrogen) atoms. The fraction of sp³-hybridized carbons (Fsp3) is 0.172. The molecule has 4 rings (SSSR count). The Balaban J connectivity index is 1.60. The van der Waals surface area contributed by atoms with Crippen LogP contribution in [0.5, 0.6) is 0 Å². The largest absolute Gasteiger partial charge is 0.416 e. The maximum Gasteiger partial charge on any atom is 0.416 e. The van der Waals surface area contributed by atoms with Gasteiger partial charge < -0.3 is 4.57 Å². The Morgan fingerprint density at radius 3 is 2.30 bits per heavy atom. The van der Waals surface area contributed by atoms with Crippen LogP contribution in [0.25, 0.3) is 5.69 Å². The van der Waals surface area contributed by atoms with E-state index in [0.29, 0.717) is 10.4 Å². The molecule has 1 heterocycles. The Bertz CT molecular complexity index is 1660. The van der Waals surface area contributed by atoms with Crippen molar-refractivity contribution in [3.63, 3.8) is 0 Å². The minimum absolute atomic E-state index is 0.174. The summed E-state index contributed by atoms with van der Waals surface area (Å²) in [4.78, 5) is 12.7. The molecule has 0 aliphatic heterocycles. The minimum Gasteiger partial charge on any atom is -0.318 e. The molecule has 1 amide bonds. The number of alkyl halides is 3. The third-order valence-electron chi connectivity index (χ3n) is 6.30. The summed E-state index contributed by atoms with van der Waals surface area (Å²) in [6.45, 7) is 5.06. The predicted molar refractivity (Wildman–Crippen MR) is 148 cm³/mol. The average Bonchev–Trinajstić information content (AvgIpc) is 3.20. The fourth-order valence-electron chi connectivity index (χ4n) is 4.32. The van der Waals surface area contributed by atoms with Gasteiger partial charge in [-0.15, -0.1) is 0 Å². The number of hydrogen-bond donors (Lipinski definition) is 1. The Hall–Kier alpha value is -4.38. The highest BCUT2D eigenvalue weighted by Crippen LogP contribution is 2.33. The second kappa shape index (κ2) is 11.4. The number of amides is 1. The van der Waals surface area contributed by atoms with Crippen molar-refractivity contribution < 1.29 is 26.4 Å². The molecule has 0 aliphatic rings. The standard InChI is InChI=1S/C29H27F3N4O3S/c1-20-10-7-8-15-27(20)36-21(2)16-23(22(36)3)18-33-34-28(37)19-35(40(38,39)26-13-5-4-6-14-26)25-12-9-11-24(17-25)29(30,31)32/h4-18H,19H2,1-3H3,(H,34,37)/b33-18+. The zero-order chi connectivity index (χ0) is 29.1. The topological polar surface area (TPSA) is 83.8 Å². The van der Waals surface area contributed by atoms with Crippen LogP contribution in [0.15, 0.2) is 94.9 Å². The van der Waals surface area contributed by atoms with Crippen molar-refractivity contribution in [1.29, 1.82) is 0 Å². The number of carbonyl (C=O) groups excluding carboxylic acids is 1. The summed E-state index contributed by atoms with van der Waals surface area (Å²) in [5.74, 6) is -0.833. The normalized spacial score (nSPS) is 12.1. The lowest BCUT2D eigenvalue weighted by Crippen LogP contribution is -2.39. The molecule has 11 heteroatoms. The van der Waals surface area contributed by atoms with Crippen molar-refractivity contribution in [3.05, 3.63) is 113 Å². The molecule has 1 N–H and O–H groups in total. The van der Waals surface area contributed by atoms with Crippen LogP contribution < -0.4 is 9.73 Å². The number of hydrogen-bond acceptors (Lipinski definition) is 4. The first-order valence-corrected chi connectivity index (χ1v) is 13.7. The van der Waals surface area contributed by atoms with Gasteiger partial charge in [-0.1, -0.05) is 42.5 Å². The summed E-state index contributed by atoms with van der Waals surface area (Å²) < 4.78 is 69.6. The SMILES string of the molecule is Cc1ccccc1-n1c(C)cc(/C=N/NC(=O)CN(c2cccc(C(F)(F)F)c2)S(=O)(=O)c2ccccc2)c1C. The van der Waals surface area contributed by atoms with Crippen molar-refractivity contribution in [2.75, 3.05) is 10.8 Å². The molecule has 0 saturated heterocycles. The average molecular weight is 569 g/mol. The summed E-state index contributed by atoms with van der Waals surface area (Å²) >= 11 is 0. The summed E-state index contributed by atoms with van der Waals surface area (Å²) in [7, 11) is -4.38. The maximum absolute atomic E-state index is 13.4. The van der Waals surface area contributed by atoms with Gasteiger partial charge in [0.15, 0.2) is 0 Å². The second-order valence-electron chi connectivity index (χ2n) is 9.11. The highest BCUT2D eigenvalue weighted by Gasteiger charge is 2.33. The van der Waals surface area contributed by atoms with Crippen LogP contribution in [0.4, 0.5) is 18.9 Å². The number of aryl methyl sites for hydroxylation is 2. The number of hydrazone groups is 1. The molecule has 0 spiro atoms. The number of nitrogens with zero attached hydrogens (tertiary/aromatic N) is 3. The number of para-hydroxylation sites is 1. The molecule has 0 atom stereocenters.